The molecule has 5 heteroatoms. The van der Waals surface area contributed by atoms with Crippen molar-refractivity contribution in [2.24, 2.45) is 5.41 Å². The molecule has 0 aromatic heterocycles. The number of hydrogen-bond acceptors (Lipinski definition) is 4. The van der Waals surface area contributed by atoms with Gasteiger partial charge in [0.25, 0.3) is 6.47 Å². The van der Waals surface area contributed by atoms with Gasteiger partial charge in [0, 0.05) is 13.2 Å². The van der Waals surface area contributed by atoms with Gasteiger partial charge in [0.05, 0.1) is 5.41 Å². The quantitative estimate of drug-likeness (QED) is 0.460. The molecular weight excluding hydrogens is 248 g/mol. The summed E-state index contributed by atoms with van der Waals surface area (Å²) in [5.41, 5.74) is -0.619. The van der Waals surface area contributed by atoms with Crippen LogP contribution in [0.4, 0.5) is 0 Å². The molecule has 2 fully saturated rings. The lowest BCUT2D eigenvalue weighted by Gasteiger charge is -2.13. The molecule has 5 nitrogen and oxygen atoms in total. The van der Waals surface area contributed by atoms with Gasteiger partial charge >= 0.3 is 5.97 Å². The lowest BCUT2D eigenvalue weighted by molar-refractivity contribution is -0.143. The molecule has 0 aromatic carbocycles. The summed E-state index contributed by atoms with van der Waals surface area (Å²) in [5.74, 6) is -0.658. The number of carboxylic acids is 1. The maximum absolute atomic E-state index is 10.9. The molecule has 2 aliphatic carbocycles. The molecule has 2 aliphatic rings. The number of hydrogen-bond donors (Lipinski definition) is 1. The van der Waals surface area contributed by atoms with E-state index in [-0.39, 0.29) is 5.60 Å². The van der Waals surface area contributed by atoms with Crippen LogP contribution >= 0.6 is 0 Å². The largest absolute Gasteiger partial charge is 0.481 e. The van der Waals surface area contributed by atoms with Crippen LogP contribution in [0.3, 0.4) is 0 Å². The van der Waals surface area contributed by atoms with Crippen LogP contribution in [-0.4, -0.2) is 36.4 Å². The highest BCUT2D eigenvalue weighted by Gasteiger charge is 2.49. The highest BCUT2D eigenvalue weighted by molar-refractivity contribution is 5.77. The molecule has 0 aliphatic heterocycles. The van der Waals surface area contributed by atoms with Crippen molar-refractivity contribution in [3.8, 4) is 0 Å². The fraction of sp³-hybridized carbons (Fsp3) is 0.857. The number of ether oxygens (including phenoxy) is 2. The molecule has 1 N–H and O–H groups in total. The van der Waals surface area contributed by atoms with Crippen LogP contribution < -0.4 is 0 Å². The van der Waals surface area contributed by atoms with Crippen molar-refractivity contribution >= 4 is 12.4 Å². The molecule has 0 aromatic rings. The van der Waals surface area contributed by atoms with E-state index in [1.807, 2.05) is 0 Å². The Kier molecular flexibility index (Phi) is 4.45. The average molecular weight is 270 g/mol. The smallest absolute Gasteiger partial charge is 0.309 e. The molecule has 0 bridgehead atoms. The van der Waals surface area contributed by atoms with Gasteiger partial charge in [-0.3, -0.25) is 9.59 Å². The van der Waals surface area contributed by atoms with Gasteiger partial charge in [-0.15, -0.1) is 0 Å². The van der Waals surface area contributed by atoms with Gasteiger partial charge in [0.1, 0.15) is 5.60 Å². The molecule has 2 saturated carbocycles. The third-order valence-electron chi connectivity index (χ3n) is 4.28. The Balaban J connectivity index is 1.45. The minimum Gasteiger partial charge on any atom is -0.481 e. The molecule has 0 heterocycles. The Labute approximate surface area is 113 Å². The lowest BCUT2D eigenvalue weighted by atomic mass is 10.0. The summed E-state index contributed by atoms with van der Waals surface area (Å²) in [7, 11) is 0. The predicted octanol–water partition coefficient (Wildman–Crippen LogP) is 2.13. The summed E-state index contributed by atoms with van der Waals surface area (Å²) < 4.78 is 10.5. The van der Waals surface area contributed by atoms with Crippen molar-refractivity contribution in [3.05, 3.63) is 0 Å². The van der Waals surface area contributed by atoms with Crippen LogP contribution in [0, 0.1) is 5.41 Å². The zero-order valence-corrected chi connectivity index (χ0v) is 11.2. The number of carboxylic acid groups (broad SMARTS) is 1. The van der Waals surface area contributed by atoms with Crippen LogP contribution in [0.2, 0.25) is 0 Å². The van der Waals surface area contributed by atoms with E-state index in [1.165, 1.54) is 0 Å². The first-order valence-corrected chi connectivity index (χ1v) is 7.05. The van der Waals surface area contributed by atoms with Crippen molar-refractivity contribution in [1.82, 2.24) is 0 Å². The number of carbonyl (C=O) groups excluding carboxylic acids is 1. The van der Waals surface area contributed by atoms with Gasteiger partial charge in [-0.25, -0.2) is 0 Å². The number of carbonyl (C=O) groups is 2. The van der Waals surface area contributed by atoms with E-state index in [9.17, 15) is 9.59 Å². The molecule has 0 radical (unpaired) electrons. The summed E-state index contributed by atoms with van der Waals surface area (Å²) in [6, 6.07) is 0. The van der Waals surface area contributed by atoms with Crippen LogP contribution in [0.1, 0.15) is 51.4 Å². The van der Waals surface area contributed by atoms with Crippen LogP contribution in [0.15, 0.2) is 0 Å². The van der Waals surface area contributed by atoms with Crippen molar-refractivity contribution in [3.63, 3.8) is 0 Å². The Morgan fingerprint density at radius 1 is 1.11 bits per heavy atom. The van der Waals surface area contributed by atoms with E-state index in [1.54, 1.807) is 0 Å². The second-order valence-electron chi connectivity index (χ2n) is 5.80. The van der Waals surface area contributed by atoms with Gasteiger partial charge in [-0.1, -0.05) is 0 Å². The first-order chi connectivity index (χ1) is 9.13. The van der Waals surface area contributed by atoms with Gasteiger partial charge in [0.2, 0.25) is 0 Å². The number of rotatable bonds is 11. The zero-order chi connectivity index (χ0) is 13.8. The van der Waals surface area contributed by atoms with Crippen LogP contribution in [-0.2, 0) is 19.1 Å². The summed E-state index contributed by atoms with van der Waals surface area (Å²) in [6.07, 6.45) is 6.84. The third-order valence-corrected chi connectivity index (χ3v) is 4.28. The molecule has 0 spiro atoms. The average Bonchev–Trinajstić information content (AvgIpc) is 3.25. The van der Waals surface area contributed by atoms with Gasteiger partial charge in [0.15, 0.2) is 0 Å². The normalized spacial score (nSPS) is 21.7. The topological polar surface area (TPSA) is 72.8 Å². The molecule has 0 saturated heterocycles. The Morgan fingerprint density at radius 2 is 1.74 bits per heavy atom. The second-order valence-corrected chi connectivity index (χ2v) is 5.80. The van der Waals surface area contributed by atoms with Gasteiger partial charge < -0.3 is 14.6 Å². The lowest BCUT2D eigenvalue weighted by Crippen LogP contribution is -2.16. The van der Waals surface area contributed by atoms with Crippen LogP contribution in [0.5, 0.6) is 0 Å². The predicted molar refractivity (Wildman–Crippen MR) is 67.7 cm³/mol. The highest BCUT2D eigenvalue weighted by Crippen LogP contribution is 2.49. The van der Waals surface area contributed by atoms with E-state index in [0.29, 0.717) is 19.7 Å². The highest BCUT2D eigenvalue weighted by atomic mass is 16.5. The minimum atomic E-state index is -0.658. The molecule has 2 rings (SSSR count). The van der Waals surface area contributed by atoms with E-state index < -0.39 is 11.4 Å². The van der Waals surface area contributed by atoms with E-state index in [4.69, 9.17) is 14.6 Å². The fourth-order valence-corrected chi connectivity index (χ4v) is 2.50. The van der Waals surface area contributed by atoms with Crippen molar-refractivity contribution in [1.29, 1.82) is 0 Å². The van der Waals surface area contributed by atoms with E-state index in [2.05, 4.69) is 0 Å². The summed E-state index contributed by atoms with van der Waals surface area (Å²) >= 11 is 0. The molecule has 0 unspecified atom stereocenters. The first kappa shape index (κ1) is 14.3. The van der Waals surface area contributed by atoms with Gasteiger partial charge in [-0.05, 0) is 51.4 Å². The van der Waals surface area contributed by atoms with Crippen molar-refractivity contribution in [2.75, 3.05) is 13.2 Å². The Morgan fingerprint density at radius 3 is 2.21 bits per heavy atom. The SMILES string of the molecule is O=COC1(CCCOCCCC2(C(=O)O)CC2)CC1. The standard InChI is InChI=1S/C14H22O5/c15-11-19-14(7-8-14)4-2-10-18-9-1-3-13(5-6-13)12(16)17/h11H,1-10H2,(H,16,17). The summed E-state index contributed by atoms with van der Waals surface area (Å²) in [4.78, 5) is 21.2. The maximum Gasteiger partial charge on any atom is 0.309 e. The van der Waals surface area contributed by atoms with Crippen LogP contribution in [0.25, 0.3) is 0 Å². The maximum atomic E-state index is 10.9. The molecule has 0 amide bonds. The molecular formula is C14H22O5. The zero-order valence-electron chi connectivity index (χ0n) is 11.2. The minimum absolute atomic E-state index is 0.188. The fourth-order valence-electron chi connectivity index (χ4n) is 2.50. The Bertz CT molecular complexity index is 331. The van der Waals surface area contributed by atoms with Gasteiger partial charge in [-0.2, -0.15) is 0 Å². The second kappa shape index (κ2) is 5.90. The van der Waals surface area contributed by atoms with E-state index >= 15 is 0 Å². The van der Waals surface area contributed by atoms with Crippen molar-refractivity contribution < 1.29 is 24.2 Å². The summed E-state index contributed by atoms with van der Waals surface area (Å²) in [6.45, 7) is 1.81. The third kappa shape index (κ3) is 3.93. The first-order valence-electron chi connectivity index (χ1n) is 7.05. The monoisotopic (exact) mass is 270 g/mol. The van der Waals surface area contributed by atoms with E-state index in [0.717, 1.165) is 51.4 Å². The Hall–Kier alpha value is -1.10. The van der Waals surface area contributed by atoms with Crippen molar-refractivity contribution in [2.45, 2.75) is 57.0 Å². The molecule has 19 heavy (non-hydrogen) atoms. The molecule has 108 valence electrons. The number of aliphatic carboxylic acids is 1. The molecule has 0 atom stereocenters. The summed E-state index contributed by atoms with van der Waals surface area (Å²) in [5, 5.41) is 9.01.